The molecule has 1 heterocycles. The molecule has 1 saturated carbocycles. The number of esters is 1. The lowest BCUT2D eigenvalue weighted by atomic mass is 10.1. The van der Waals surface area contributed by atoms with Crippen LogP contribution in [0, 0.1) is 13.8 Å². The lowest BCUT2D eigenvalue weighted by Crippen LogP contribution is -2.31. The van der Waals surface area contributed by atoms with E-state index in [1.807, 2.05) is 19.9 Å². The number of ketones is 1. The highest BCUT2D eigenvalue weighted by Gasteiger charge is 2.28. The molecule has 142 valence electrons. The minimum atomic E-state index is -0.650. The Balaban J connectivity index is 1.50. The highest BCUT2D eigenvalue weighted by molar-refractivity contribution is 9.10. The molecule has 1 N–H and O–H groups in total. The lowest BCUT2D eigenvalue weighted by Gasteiger charge is -2.08. The summed E-state index contributed by atoms with van der Waals surface area (Å²) in [6, 6.07) is 9.16. The van der Waals surface area contributed by atoms with Gasteiger partial charge in [0.05, 0.1) is 0 Å². The molecule has 6 nitrogen and oxygen atoms in total. The molecule has 2 aromatic rings. The Morgan fingerprint density at radius 2 is 1.96 bits per heavy atom. The fourth-order valence-electron chi connectivity index (χ4n) is 3.11. The van der Waals surface area contributed by atoms with Crippen LogP contribution in [0.25, 0.3) is 0 Å². The zero-order valence-corrected chi connectivity index (χ0v) is 16.8. The Morgan fingerprint density at radius 3 is 2.63 bits per heavy atom. The molecule has 0 saturated heterocycles. The van der Waals surface area contributed by atoms with Crippen molar-refractivity contribution in [3.05, 3.63) is 57.3 Å². The van der Waals surface area contributed by atoms with Crippen molar-refractivity contribution in [2.45, 2.75) is 32.7 Å². The van der Waals surface area contributed by atoms with Crippen LogP contribution >= 0.6 is 15.9 Å². The van der Waals surface area contributed by atoms with E-state index in [4.69, 9.17) is 4.74 Å². The number of ether oxygens (including phenoxy) is 1. The van der Waals surface area contributed by atoms with Crippen molar-refractivity contribution in [2.24, 2.45) is 0 Å². The monoisotopic (exact) mass is 432 g/mol. The van der Waals surface area contributed by atoms with Crippen LogP contribution < -0.4 is 5.32 Å². The van der Waals surface area contributed by atoms with E-state index in [-0.39, 0.29) is 24.8 Å². The molecule has 0 radical (unpaired) electrons. The molecule has 1 aliphatic carbocycles. The van der Waals surface area contributed by atoms with E-state index in [1.54, 1.807) is 24.3 Å². The number of nitrogens with zero attached hydrogens (tertiary/aromatic N) is 1. The van der Waals surface area contributed by atoms with E-state index in [2.05, 4.69) is 25.8 Å². The number of aryl methyl sites for hydroxylation is 1. The highest BCUT2D eigenvalue weighted by Crippen LogP contribution is 2.38. The third-order valence-corrected chi connectivity index (χ3v) is 5.03. The van der Waals surface area contributed by atoms with Crippen LogP contribution in [0.15, 0.2) is 34.8 Å². The van der Waals surface area contributed by atoms with Gasteiger partial charge in [-0.3, -0.25) is 14.4 Å². The second-order valence-electron chi connectivity index (χ2n) is 6.66. The van der Waals surface area contributed by atoms with E-state index in [0.29, 0.717) is 17.2 Å². The zero-order valence-electron chi connectivity index (χ0n) is 15.3. The molecular formula is C20H21BrN2O4. The van der Waals surface area contributed by atoms with Crippen LogP contribution in [0.2, 0.25) is 0 Å². The molecule has 27 heavy (non-hydrogen) atoms. The molecule has 1 aromatic carbocycles. The molecular weight excluding hydrogens is 412 g/mol. The number of Topliss-reactive ketones (excluding diaryl/α,β-unsaturated/α-hetero) is 1. The van der Waals surface area contributed by atoms with Gasteiger partial charge in [0.15, 0.2) is 6.61 Å². The van der Waals surface area contributed by atoms with Gasteiger partial charge in [0.1, 0.15) is 6.54 Å². The number of nitrogens with one attached hydrogen (secondary N) is 1. The molecule has 3 rings (SSSR count). The molecule has 0 aliphatic heterocycles. The van der Waals surface area contributed by atoms with Crippen LogP contribution in [-0.4, -0.2) is 35.4 Å². The topological polar surface area (TPSA) is 77.4 Å². The number of halogens is 1. The van der Waals surface area contributed by atoms with Crippen molar-refractivity contribution in [2.75, 3.05) is 13.2 Å². The Kier molecular flexibility index (Phi) is 5.79. The Labute approximate surface area is 166 Å². The predicted octanol–water partition coefficient (Wildman–Crippen LogP) is 3.36. The van der Waals surface area contributed by atoms with Crippen molar-refractivity contribution in [1.82, 2.24) is 9.88 Å². The number of benzene rings is 1. The summed E-state index contributed by atoms with van der Waals surface area (Å²) in [6.07, 6.45) is 2.27. The average molecular weight is 433 g/mol. The molecule has 0 atom stereocenters. The number of hydrogen-bond donors (Lipinski definition) is 1. The quantitative estimate of drug-likeness (QED) is 0.537. The zero-order chi connectivity index (χ0) is 19.6. The van der Waals surface area contributed by atoms with Gasteiger partial charge in [0.2, 0.25) is 5.78 Å². The van der Waals surface area contributed by atoms with Gasteiger partial charge in [-0.2, -0.15) is 0 Å². The van der Waals surface area contributed by atoms with Crippen LogP contribution in [0.5, 0.6) is 0 Å². The number of hydrogen-bond acceptors (Lipinski definition) is 4. The molecule has 0 bridgehead atoms. The summed E-state index contributed by atoms with van der Waals surface area (Å²) in [5.41, 5.74) is 2.98. The molecule has 1 aliphatic rings. The van der Waals surface area contributed by atoms with Gasteiger partial charge in [-0.05, 0) is 51.0 Å². The summed E-state index contributed by atoms with van der Waals surface area (Å²) in [4.78, 5) is 36.3. The first kappa shape index (κ1) is 19.4. The summed E-state index contributed by atoms with van der Waals surface area (Å²) in [6.45, 7) is 3.27. The predicted molar refractivity (Wildman–Crippen MR) is 104 cm³/mol. The van der Waals surface area contributed by atoms with E-state index in [0.717, 1.165) is 28.7 Å². The fraction of sp³-hybridized carbons (Fsp3) is 0.350. The van der Waals surface area contributed by atoms with E-state index < -0.39 is 5.97 Å². The number of carbonyl (C=O) groups excluding carboxylic acids is 3. The molecule has 1 amide bonds. The average Bonchev–Trinajstić information content (AvgIpc) is 3.42. The Hall–Kier alpha value is -2.41. The fourth-order valence-corrected chi connectivity index (χ4v) is 3.51. The molecule has 1 fully saturated rings. The number of carbonyl (C=O) groups is 3. The van der Waals surface area contributed by atoms with Crippen molar-refractivity contribution in [3.8, 4) is 0 Å². The van der Waals surface area contributed by atoms with Crippen molar-refractivity contribution in [1.29, 1.82) is 0 Å². The first-order valence-electron chi connectivity index (χ1n) is 8.78. The van der Waals surface area contributed by atoms with Gasteiger partial charge in [-0.1, -0.05) is 22.0 Å². The smallest absolute Gasteiger partial charge is 0.325 e. The van der Waals surface area contributed by atoms with Gasteiger partial charge in [-0.25, -0.2) is 0 Å². The largest absolute Gasteiger partial charge is 0.456 e. The van der Waals surface area contributed by atoms with Gasteiger partial charge >= 0.3 is 5.97 Å². The third kappa shape index (κ3) is 4.66. The lowest BCUT2D eigenvalue weighted by molar-refractivity contribution is -0.141. The number of aromatic nitrogens is 1. The van der Waals surface area contributed by atoms with Crippen LogP contribution in [-0.2, 0) is 9.53 Å². The summed E-state index contributed by atoms with van der Waals surface area (Å²) in [5.74, 6) is -1.27. The number of amides is 1. The second-order valence-corrected chi connectivity index (χ2v) is 7.58. The Morgan fingerprint density at radius 1 is 1.22 bits per heavy atom. The first-order valence-corrected chi connectivity index (χ1v) is 9.57. The van der Waals surface area contributed by atoms with Gasteiger partial charge in [0, 0.05) is 33.0 Å². The highest BCUT2D eigenvalue weighted by atomic mass is 79.9. The second kappa shape index (κ2) is 8.08. The summed E-state index contributed by atoms with van der Waals surface area (Å²) in [5, 5.41) is 2.49. The molecule has 1 aromatic heterocycles. The first-order chi connectivity index (χ1) is 12.9. The summed E-state index contributed by atoms with van der Waals surface area (Å²) >= 11 is 3.29. The van der Waals surface area contributed by atoms with Gasteiger partial charge in [0.25, 0.3) is 5.91 Å². The number of rotatable bonds is 7. The minimum absolute atomic E-state index is 0.235. The van der Waals surface area contributed by atoms with E-state index in [1.165, 1.54) is 0 Å². The van der Waals surface area contributed by atoms with Crippen LogP contribution in [0.4, 0.5) is 0 Å². The third-order valence-electron chi connectivity index (χ3n) is 4.54. The van der Waals surface area contributed by atoms with Crippen molar-refractivity contribution in [3.63, 3.8) is 0 Å². The SMILES string of the molecule is Cc1cc(C(=O)COC(=O)CNC(=O)c2cccc(Br)c2)c(C)n1C1CC1. The summed E-state index contributed by atoms with van der Waals surface area (Å²) < 4.78 is 7.97. The molecule has 0 spiro atoms. The molecule has 7 heteroatoms. The van der Waals surface area contributed by atoms with Gasteiger partial charge in [-0.15, -0.1) is 0 Å². The van der Waals surface area contributed by atoms with E-state index >= 15 is 0 Å². The maximum absolute atomic E-state index is 12.4. The van der Waals surface area contributed by atoms with Gasteiger partial charge < -0.3 is 14.6 Å². The maximum atomic E-state index is 12.4. The maximum Gasteiger partial charge on any atom is 0.325 e. The minimum Gasteiger partial charge on any atom is -0.456 e. The standard InChI is InChI=1S/C20H21BrN2O4/c1-12-8-17(13(2)23(12)16-6-7-16)18(24)11-27-19(25)10-22-20(26)14-4-3-5-15(21)9-14/h3-5,8-9,16H,6-7,10-11H2,1-2H3,(H,22,26). The van der Waals surface area contributed by atoms with E-state index in [9.17, 15) is 14.4 Å². The normalized spacial score (nSPS) is 13.3. The summed E-state index contributed by atoms with van der Waals surface area (Å²) in [7, 11) is 0. The van der Waals surface area contributed by atoms with Crippen molar-refractivity contribution < 1.29 is 19.1 Å². The van der Waals surface area contributed by atoms with Crippen molar-refractivity contribution >= 4 is 33.6 Å². The molecule has 0 unspecified atom stereocenters. The Bertz CT molecular complexity index is 899. The van der Waals surface area contributed by atoms with Crippen LogP contribution in [0.3, 0.4) is 0 Å². The van der Waals surface area contributed by atoms with Crippen LogP contribution in [0.1, 0.15) is 51.0 Å².